The number of carbonyl (C=O) groups is 3. The molecule has 2 fully saturated rings. The fourth-order valence-electron chi connectivity index (χ4n) is 4.53. The second-order valence-corrected chi connectivity index (χ2v) is 9.02. The summed E-state index contributed by atoms with van der Waals surface area (Å²) in [5, 5.41) is 4.88. The van der Waals surface area contributed by atoms with Gasteiger partial charge in [0, 0.05) is 15.9 Å². The average Bonchev–Trinajstić information content (AvgIpc) is 3.28. The molecule has 0 spiro atoms. The van der Waals surface area contributed by atoms with Crippen LogP contribution in [0.5, 0.6) is 0 Å². The number of likely N-dealkylation sites (tertiary alicyclic amines) is 1. The Morgan fingerprint density at radius 1 is 1.16 bits per heavy atom. The summed E-state index contributed by atoms with van der Waals surface area (Å²) in [5.41, 5.74) is 6.20. The summed E-state index contributed by atoms with van der Waals surface area (Å²) in [6.07, 6.45) is 1.22. The lowest BCUT2D eigenvalue weighted by Crippen LogP contribution is -2.48. The zero-order valence-electron chi connectivity index (χ0n) is 16.8. The minimum atomic E-state index is -0.882. The Bertz CT molecular complexity index is 1260. The summed E-state index contributed by atoms with van der Waals surface area (Å²) in [7, 11) is 0. The predicted molar refractivity (Wildman–Crippen MR) is 118 cm³/mol. The molecule has 2 aliphatic rings. The normalized spacial score (nSPS) is 21.4. The minimum absolute atomic E-state index is 0.0789. The number of primary amides is 1. The number of hydrogen-bond acceptors (Lipinski definition) is 4. The van der Waals surface area contributed by atoms with E-state index in [4.69, 9.17) is 5.73 Å². The molecule has 5 rings (SSSR count). The molecule has 10 heteroatoms. The number of halogens is 2. The van der Waals surface area contributed by atoms with Crippen LogP contribution in [-0.2, 0) is 16.1 Å². The maximum atomic E-state index is 14.9. The van der Waals surface area contributed by atoms with Crippen LogP contribution < -0.4 is 10.9 Å². The molecule has 1 saturated heterocycles. The van der Waals surface area contributed by atoms with Crippen LogP contribution in [-0.4, -0.2) is 44.5 Å². The molecule has 3 amide bonds. The Morgan fingerprint density at radius 3 is 2.69 bits per heavy atom. The zero-order chi connectivity index (χ0) is 22.6. The van der Waals surface area contributed by atoms with E-state index in [2.05, 4.69) is 21.0 Å². The van der Waals surface area contributed by atoms with Crippen molar-refractivity contribution in [3.63, 3.8) is 0 Å². The molecule has 2 N–H and O–H groups in total. The van der Waals surface area contributed by atoms with Crippen molar-refractivity contribution >= 4 is 50.2 Å². The molecular formula is C22H19BrFN5O3. The molecule has 1 aliphatic carbocycles. The molecule has 0 radical (unpaired) electrons. The van der Waals surface area contributed by atoms with Crippen molar-refractivity contribution in [2.45, 2.75) is 31.5 Å². The maximum absolute atomic E-state index is 14.9. The molecule has 1 saturated carbocycles. The summed E-state index contributed by atoms with van der Waals surface area (Å²) in [5.74, 6) is -1.61. The van der Waals surface area contributed by atoms with E-state index in [1.165, 1.54) is 21.7 Å². The largest absolute Gasteiger partial charge is 0.364 e. The van der Waals surface area contributed by atoms with Gasteiger partial charge in [0.2, 0.25) is 5.91 Å². The number of hydrogen-bond donors (Lipinski definition) is 1. The van der Waals surface area contributed by atoms with Crippen molar-refractivity contribution in [3.8, 4) is 0 Å². The molecule has 0 bridgehead atoms. The van der Waals surface area contributed by atoms with E-state index in [9.17, 15) is 18.9 Å². The van der Waals surface area contributed by atoms with E-state index in [0.717, 1.165) is 6.42 Å². The monoisotopic (exact) mass is 499 g/mol. The van der Waals surface area contributed by atoms with Gasteiger partial charge in [-0.05, 0) is 43.0 Å². The third-order valence-corrected chi connectivity index (χ3v) is 6.58. The number of amides is 3. The van der Waals surface area contributed by atoms with Crippen LogP contribution in [0.15, 0.2) is 53.0 Å². The number of piperidine rings is 1. The van der Waals surface area contributed by atoms with E-state index >= 15 is 0 Å². The fraction of sp³-hybridized carbons (Fsp3) is 0.273. The topological polar surface area (TPSA) is 102 Å². The Balaban J connectivity index is 1.40. The van der Waals surface area contributed by atoms with Crippen LogP contribution in [0.25, 0.3) is 10.9 Å². The molecule has 1 aliphatic heterocycles. The highest BCUT2D eigenvalue weighted by molar-refractivity contribution is 9.10. The first-order valence-electron chi connectivity index (χ1n) is 10.2. The van der Waals surface area contributed by atoms with Crippen molar-refractivity contribution in [3.05, 3.63) is 58.7 Å². The average molecular weight is 500 g/mol. The standard InChI is InChI=1S/C22H19BrFN5O3/c23-13-4-3-5-14(10-13)29(24)22(32)18-9-12-8-17(12)28(18)19(30)11-27-16-7-2-1-6-15(16)20(26-27)21(25)31/h1-7,10,12,17-18H,8-9,11H2,(H2,25,31)/t12-,17-,18+/m1/s1. The third kappa shape index (κ3) is 3.44. The van der Waals surface area contributed by atoms with Gasteiger partial charge >= 0.3 is 0 Å². The van der Waals surface area contributed by atoms with E-state index in [1.54, 1.807) is 36.4 Å². The lowest BCUT2D eigenvalue weighted by molar-refractivity contribution is -0.140. The summed E-state index contributed by atoms with van der Waals surface area (Å²) >= 11 is 3.27. The van der Waals surface area contributed by atoms with Crippen LogP contribution in [0.4, 0.5) is 10.2 Å². The van der Waals surface area contributed by atoms with Gasteiger partial charge in [-0.1, -0.05) is 44.7 Å². The lowest BCUT2D eigenvalue weighted by atomic mass is 10.1. The van der Waals surface area contributed by atoms with Gasteiger partial charge < -0.3 is 10.6 Å². The molecule has 3 atom stereocenters. The first kappa shape index (κ1) is 20.6. The van der Waals surface area contributed by atoms with Gasteiger partial charge in [0.15, 0.2) is 5.69 Å². The Labute approximate surface area is 190 Å². The van der Waals surface area contributed by atoms with Crippen LogP contribution in [0.3, 0.4) is 0 Å². The molecule has 2 aromatic carbocycles. The second-order valence-electron chi connectivity index (χ2n) is 8.10. The molecule has 32 heavy (non-hydrogen) atoms. The van der Waals surface area contributed by atoms with Crippen LogP contribution in [0, 0.1) is 5.92 Å². The molecule has 0 unspecified atom stereocenters. The zero-order valence-corrected chi connectivity index (χ0v) is 18.4. The SMILES string of the molecule is NC(=O)c1nn(CC(=O)N2[C@@H]3C[C@@H]3C[C@H]2C(=O)N(F)c2cccc(Br)c2)c2ccccc12. The minimum Gasteiger partial charge on any atom is -0.364 e. The third-order valence-electron chi connectivity index (χ3n) is 6.08. The molecular weight excluding hydrogens is 481 g/mol. The highest BCUT2D eigenvalue weighted by Crippen LogP contribution is 2.48. The van der Waals surface area contributed by atoms with Crippen molar-refractivity contribution in [2.24, 2.45) is 11.7 Å². The number of aromatic nitrogens is 2. The summed E-state index contributed by atoms with van der Waals surface area (Å²) in [6.45, 7) is -0.177. The van der Waals surface area contributed by atoms with Crippen LogP contribution in [0.2, 0.25) is 0 Å². The molecule has 164 valence electrons. The Morgan fingerprint density at radius 2 is 1.94 bits per heavy atom. The Hall–Kier alpha value is -3.27. The predicted octanol–water partition coefficient (Wildman–Crippen LogP) is 2.80. The summed E-state index contributed by atoms with van der Waals surface area (Å²) in [4.78, 5) is 39.4. The lowest BCUT2D eigenvalue weighted by Gasteiger charge is -2.28. The van der Waals surface area contributed by atoms with Crippen molar-refractivity contribution < 1.29 is 18.9 Å². The molecule has 3 aromatic rings. The van der Waals surface area contributed by atoms with Crippen molar-refractivity contribution in [1.82, 2.24) is 14.7 Å². The number of fused-ring (bicyclic) bond motifs is 2. The molecule has 2 heterocycles. The van der Waals surface area contributed by atoms with E-state index in [-0.39, 0.29) is 40.9 Å². The summed E-state index contributed by atoms with van der Waals surface area (Å²) < 4.78 is 17.0. The Kier molecular flexibility index (Phi) is 4.96. The molecule has 8 nitrogen and oxygen atoms in total. The highest BCUT2D eigenvalue weighted by Gasteiger charge is 2.57. The van der Waals surface area contributed by atoms with E-state index in [1.807, 2.05) is 0 Å². The first-order valence-corrected chi connectivity index (χ1v) is 11.0. The quantitative estimate of drug-likeness (QED) is 0.545. The molecule has 1 aromatic heterocycles. The number of nitrogens with two attached hydrogens (primary N) is 1. The van der Waals surface area contributed by atoms with Gasteiger partial charge in [-0.25, -0.2) is 0 Å². The van der Waals surface area contributed by atoms with Gasteiger partial charge in [0.25, 0.3) is 11.8 Å². The first-order chi connectivity index (χ1) is 15.3. The number of benzene rings is 2. The van der Waals surface area contributed by atoms with Crippen molar-refractivity contribution in [1.29, 1.82) is 0 Å². The van der Waals surface area contributed by atoms with Crippen molar-refractivity contribution in [2.75, 3.05) is 5.12 Å². The van der Waals surface area contributed by atoms with Gasteiger partial charge in [-0.2, -0.15) is 5.10 Å². The van der Waals surface area contributed by atoms with E-state index in [0.29, 0.717) is 21.8 Å². The summed E-state index contributed by atoms with van der Waals surface area (Å²) in [6, 6.07) is 12.4. The van der Waals surface area contributed by atoms with Crippen LogP contribution in [0.1, 0.15) is 23.3 Å². The second kappa shape index (κ2) is 7.70. The van der Waals surface area contributed by atoms with Gasteiger partial charge in [0.05, 0.1) is 11.2 Å². The fourth-order valence-corrected chi connectivity index (χ4v) is 4.92. The van der Waals surface area contributed by atoms with Crippen LogP contribution >= 0.6 is 15.9 Å². The number of anilines is 1. The highest BCUT2D eigenvalue weighted by atomic mass is 79.9. The number of carbonyl (C=O) groups excluding carboxylic acids is 3. The van der Waals surface area contributed by atoms with Gasteiger partial charge in [0.1, 0.15) is 12.6 Å². The van der Waals surface area contributed by atoms with Gasteiger partial charge in [-0.15, -0.1) is 5.12 Å². The number of para-hydroxylation sites is 1. The maximum Gasteiger partial charge on any atom is 0.277 e. The smallest absolute Gasteiger partial charge is 0.277 e. The number of rotatable bonds is 5. The number of nitrogens with zero attached hydrogens (tertiary/aromatic N) is 4. The van der Waals surface area contributed by atoms with Gasteiger partial charge in [-0.3, -0.25) is 19.1 Å². The van der Waals surface area contributed by atoms with E-state index < -0.39 is 17.9 Å².